The van der Waals surface area contributed by atoms with Crippen molar-refractivity contribution < 1.29 is 0 Å². The zero-order chi connectivity index (χ0) is 14.1. The Balaban J connectivity index is 1.80. The first-order valence-electron chi connectivity index (χ1n) is 7.25. The Morgan fingerprint density at radius 3 is 2.95 bits per heavy atom. The lowest BCUT2D eigenvalue weighted by Crippen LogP contribution is -2.27. The maximum absolute atomic E-state index is 3.85. The lowest BCUT2D eigenvalue weighted by atomic mass is 9.92. The standard InChI is InChI=1S/C17H20INS/c1-11-6-3-4-7-13(11)12(2)19-15-8-5-9-16-14(15)10-17(18)20-16/h3-4,6-7,10,12,15,19H,5,8-9H2,1-2H3. The van der Waals surface area contributed by atoms with Crippen LogP contribution in [0.4, 0.5) is 0 Å². The molecule has 2 unspecified atom stereocenters. The van der Waals surface area contributed by atoms with Crippen LogP contribution in [0.3, 0.4) is 0 Å². The molecule has 0 radical (unpaired) electrons. The summed E-state index contributed by atoms with van der Waals surface area (Å²) in [5.41, 5.74) is 4.35. The largest absolute Gasteiger partial charge is 0.303 e. The molecule has 1 aromatic heterocycles. The number of hydrogen-bond donors (Lipinski definition) is 1. The summed E-state index contributed by atoms with van der Waals surface area (Å²) in [4.78, 5) is 1.59. The van der Waals surface area contributed by atoms with E-state index in [0.29, 0.717) is 12.1 Å². The summed E-state index contributed by atoms with van der Waals surface area (Å²) in [6, 6.07) is 12.0. The van der Waals surface area contributed by atoms with Gasteiger partial charge in [-0.2, -0.15) is 0 Å². The summed E-state index contributed by atoms with van der Waals surface area (Å²) >= 11 is 4.42. The molecule has 1 heterocycles. The molecule has 2 atom stereocenters. The molecule has 1 aromatic carbocycles. The van der Waals surface area contributed by atoms with Gasteiger partial charge in [-0.15, -0.1) is 11.3 Å². The molecule has 0 bridgehead atoms. The minimum Gasteiger partial charge on any atom is -0.303 e. The van der Waals surface area contributed by atoms with Gasteiger partial charge in [-0.25, -0.2) is 0 Å². The molecular formula is C17H20INS. The highest BCUT2D eigenvalue weighted by Gasteiger charge is 2.24. The number of benzene rings is 1. The van der Waals surface area contributed by atoms with Crippen LogP contribution in [0.15, 0.2) is 30.3 Å². The van der Waals surface area contributed by atoms with Gasteiger partial charge in [0.25, 0.3) is 0 Å². The second kappa shape index (κ2) is 6.16. The average Bonchev–Trinajstić information content (AvgIpc) is 2.80. The first-order valence-corrected chi connectivity index (χ1v) is 9.14. The van der Waals surface area contributed by atoms with E-state index in [4.69, 9.17) is 0 Å². The van der Waals surface area contributed by atoms with Gasteiger partial charge in [0, 0.05) is 17.0 Å². The predicted octanol–water partition coefficient (Wildman–Crippen LogP) is 5.39. The average molecular weight is 397 g/mol. The van der Waals surface area contributed by atoms with E-state index in [9.17, 15) is 0 Å². The fraction of sp³-hybridized carbons (Fsp3) is 0.412. The minimum atomic E-state index is 0.407. The molecule has 2 aromatic rings. The molecule has 106 valence electrons. The van der Waals surface area contributed by atoms with E-state index in [-0.39, 0.29) is 0 Å². The SMILES string of the molecule is Cc1ccccc1C(C)NC1CCCc2sc(I)cc21. The molecule has 3 rings (SSSR count). The van der Waals surface area contributed by atoms with Crippen molar-refractivity contribution >= 4 is 33.9 Å². The van der Waals surface area contributed by atoms with E-state index in [1.807, 2.05) is 11.3 Å². The fourth-order valence-electron chi connectivity index (χ4n) is 3.16. The van der Waals surface area contributed by atoms with Gasteiger partial charge in [0.05, 0.1) is 2.88 Å². The van der Waals surface area contributed by atoms with Gasteiger partial charge >= 0.3 is 0 Å². The molecular weight excluding hydrogens is 377 g/mol. The molecule has 0 fully saturated rings. The molecule has 1 aliphatic carbocycles. The lowest BCUT2D eigenvalue weighted by molar-refractivity contribution is 0.417. The van der Waals surface area contributed by atoms with Crippen LogP contribution in [-0.2, 0) is 6.42 Å². The number of fused-ring (bicyclic) bond motifs is 1. The Labute approximate surface area is 138 Å². The third kappa shape index (κ3) is 2.95. The summed E-state index contributed by atoms with van der Waals surface area (Å²) in [5, 5.41) is 3.85. The van der Waals surface area contributed by atoms with E-state index in [1.165, 1.54) is 33.3 Å². The molecule has 0 spiro atoms. The van der Waals surface area contributed by atoms with E-state index >= 15 is 0 Å². The van der Waals surface area contributed by atoms with Crippen molar-refractivity contribution in [3.63, 3.8) is 0 Å². The van der Waals surface area contributed by atoms with Gasteiger partial charge in [0.2, 0.25) is 0 Å². The number of hydrogen-bond acceptors (Lipinski definition) is 2. The van der Waals surface area contributed by atoms with E-state index < -0.39 is 0 Å². The first-order chi connectivity index (χ1) is 9.65. The number of nitrogens with one attached hydrogen (secondary N) is 1. The number of halogens is 1. The first kappa shape index (κ1) is 14.5. The van der Waals surface area contributed by atoms with Crippen LogP contribution in [-0.4, -0.2) is 0 Å². The molecule has 1 aliphatic rings. The maximum atomic E-state index is 3.85. The van der Waals surface area contributed by atoms with Gasteiger partial charge in [-0.3, -0.25) is 0 Å². The minimum absolute atomic E-state index is 0.407. The van der Waals surface area contributed by atoms with Crippen molar-refractivity contribution in [3.05, 3.63) is 54.8 Å². The zero-order valence-corrected chi connectivity index (χ0v) is 14.9. The summed E-state index contributed by atoms with van der Waals surface area (Å²) in [5.74, 6) is 0. The Kier molecular flexibility index (Phi) is 4.48. The number of rotatable bonds is 3. The highest BCUT2D eigenvalue weighted by Crippen LogP contribution is 2.37. The highest BCUT2D eigenvalue weighted by molar-refractivity contribution is 14.1. The Morgan fingerprint density at radius 2 is 2.15 bits per heavy atom. The van der Waals surface area contributed by atoms with Crippen molar-refractivity contribution in [2.45, 2.75) is 45.2 Å². The molecule has 20 heavy (non-hydrogen) atoms. The van der Waals surface area contributed by atoms with Crippen LogP contribution in [0.1, 0.15) is 53.4 Å². The predicted molar refractivity (Wildman–Crippen MR) is 95.4 cm³/mol. The quantitative estimate of drug-likeness (QED) is 0.685. The van der Waals surface area contributed by atoms with E-state index in [2.05, 4.69) is 72.1 Å². The van der Waals surface area contributed by atoms with Gasteiger partial charge < -0.3 is 5.32 Å². The molecule has 0 saturated heterocycles. The van der Waals surface area contributed by atoms with Crippen LogP contribution >= 0.6 is 33.9 Å². The van der Waals surface area contributed by atoms with Crippen molar-refractivity contribution in [2.75, 3.05) is 0 Å². The van der Waals surface area contributed by atoms with Crippen LogP contribution in [0.5, 0.6) is 0 Å². The maximum Gasteiger partial charge on any atom is 0.0659 e. The smallest absolute Gasteiger partial charge is 0.0659 e. The zero-order valence-electron chi connectivity index (χ0n) is 11.9. The summed E-state index contributed by atoms with van der Waals surface area (Å²) in [7, 11) is 0. The third-order valence-corrected chi connectivity index (χ3v) is 6.16. The van der Waals surface area contributed by atoms with Crippen molar-refractivity contribution in [1.82, 2.24) is 5.32 Å². The Morgan fingerprint density at radius 1 is 1.35 bits per heavy atom. The van der Waals surface area contributed by atoms with Crippen LogP contribution in [0, 0.1) is 9.81 Å². The van der Waals surface area contributed by atoms with Gasteiger partial charge in [-0.1, -0.05) is 24.3 Å². The molecule has 0 aliphatic heterocycles. The Hall–Kier alpha value is -0.390. The van der Waals surface area contributed by atoms with Crippen molar-refractivity contribution in [2.24, 2.45) is 0 Å². The van der Waals surface area contributed by atoms with Gasteiger partial charge in [-0.05, 0) is 78.5 Å². The van der Waals surface area contributed by atoms with Crippen molar-refractivity contribution in [3.8, 4) is 0 Å². The van der Waals surface area contributed by atoms with Crippen LogP contribution in [0.25, 0.3) is 0 Å². The molecule has 1 nitrogen and oxygen atoms in total. The number of aryl methyl sites for hydroxylation is 2. The van der Waals surface area contributed by atoms with Gasteiger partial charge in [0.15, 0.2) is 0 Å². The van der Waals surface area contributed by atoms with Crippen LogP contribution in [0.2, 0.25) is 0 Å². The second-order valence-electron chi connectivity index (χ2n) is 5.62. The lowest BCUT2D eigenvalue weighted by Gasteiger charge is -2.28. The summed E-state index contributed by atoms with van der Waals surface area (Å²) in [6.45, 7) is 4.49. The van der Waals surface area contributed by atoms with Crippen LogP contribution < -0.4 is 5.32 Å². The van der Waals surface area contributed by atoms with Gasteiger partial charge in [0.1, 0.15) is 0 Å². The Bertz CT molecular complexity index is 605. The highest BCUT2D eigenvalue weighted by atomic mass is 127. The molecule has 0 amide bonds. The van der Waals surface area contributed by atoms with E-state index in [1.54, 1.807) is 10.4 Å². The monoisotopic (exact) mass is 397 g/mol. The number of thiophene rings is 1. The normalized spacial score (nSPS) is 19.6. The van der Waals surface area contributed by atoms with E-state index in [0.717, 1.165) is 0 Å². The topological polar surface area (TPSA) is 12.0 Å². The molecule has 3 heteroatoms. The summed E-state index contributed by atoms with van der Waals surface area (Å²) < 4.78 is 1.42. The molecule has 1 N–H and O–H groups in total. The van der Waals surface area contributed by atoms with Crippen molar-refractivity contribution in [1.29, 1.82) is 0 Å². The molecule has 0 saturated carbocycles. The third-order valence-electron chi connectivity index (χ3n) is 4.19. The second-order valence-corrected chi connectivity index (χ2v) is 8.65. The fourth-order valence-corrected chi connectivity index (χ4v) is 5.28. The summed E-state index contributed by atoms with van der Waals surface area (Å²) in [6.07, 6.45) is 3.83.